The first-order chi connectivity index (χ1) is 13.4. The van der Waals surface area contributed by atoms with E-state index in [4.69, 9.17) is 0 Å². The van der Waals surface area contributed by atoms with Crippen LogP contribution in [0, 0.1) is 32.1 Å². The van der Waals surface area contributed by atoms with E-state index in [0.717, 1.165) is 22.3 Å². The standard InChI is InChI=1S/C20H16Br2N2O4/c21-9-3-6-17(10-15-4-1-7-19(12-15)23(25)26)18(14-22)11-16-5-2-8-20(13-16)24(27)28/h1-2,4-5,7-8,12-13H,9-11,14H2/b18-17-. The van der Waals surface area contributed by atoms with Crippen LogP contribution >= 0.6 is 31.9 Å². The van der Waals surface area contributed by atoms with Crippen molar-refractivity contribution < 1.29 is 9.85 Å². The fraction of sp³-hybridized carbons (Fsp3) is 0.200. The molecule has 0 saturated heterocycles. The van der Waals surface area contributed by atoms with Gasteiger partial charge in [-0.15, -0.1) is 0 Å². The molecule has 6 nitrogen and oxygen atoms in total. The molecule has 0 aliphatic carbocycles. The second-order valence-electron chi connectivity index (χ2n) is 5.86. The molecule has 0 bridgehead atoms. The Bertz CT molecular complexity index is 977. The van der Waals surface area contributed by atoms with Gasteiger partial charge < -0.3 is 0 Å². The van der Waals surface area contributed by atoms with Crippen LogP contribution in [0.5, 0.6) is 0 Å². The number of rotatable bonds is 7. The lowest BCUT2D eigenvalue weighted by molar-refractivity contribution is -0.385. The fourth-order valence-electron chi connectivity index (χ4n) is 2.64. The molecule has 28 heavy (non-hydrogen) atoms. The summed E-state index contributed by atoms with van der Waals surface area (Å²) < 4.78 is 0. The van der Waals surface area contributed by atoms with Crippen molar-refractivity contribution >= 4 is 43.2 Å². The molecule has 0 radical (unpaired) electrons. The summed E-state index contributed by atoms with van der Waals surface area (Å²) in [4.78, 5) is 21.2. The average molecular weight is 508 g/mol. The molecular formula is C20H16Br2N2O4. The van der Waals surface area contributed by atoms with Gasteiger partial charge in [-0.05, 0) is 23.1 Å². The molecule has 0 aromatic heterocycles. The van der Waals surface area contributed by atoms with E-state index in [1.807, 2.05) is 12.1 Å². The molecule has 8 heteroatoms. The minimum Gasteiger partial charge on any atom is -0.258 e. The number of allylic oxidation sites excluding steroid dienone is 2. The van der Waals surface area contributed by atoms with E-state index in [1.165, 1.54) is 18.2 Å². The molecule has 0 atom stereocenters. The van der Waals surface area contributed by atoms with Crippen molar-refractivity contribution in [1.29, 1.82) is 0 Å². The van der Waals surface area contributed by atoms with Crippen molar-refractivity contribution in [1.82, 2.24) is 0 Å². The van der Waals surface area contributed by atoms with E-state index in [-0.39, 0.29) is 11.4 Å². The smallest absolute Gasteiger partial charge is 0.258 e. The number of halogens is 2. The van der Waals surface area contributed by atoms with Gasteiger partial charge in [-0.1, -0.05) is 68.0 Å². The number of nitro groups is 2. The van der Waals surface area contributed by atoms with Gasteiger partial charge in [0.1, 0.15) is 0 Å². The summed E-state index contributed by atoms with van der Waals surface area (Å²) in [5.74, 6) is 6.11. The highest BCUT2D eigenvalue weighted by atomic mass is 79.9. The maximum Gasteiger partial charge on any atom is 0.269 e. The molecule has 2 aromatic carbocycles. The van der Waals surface area contributed by atoms with E-state index in [2.05, 4.69) is 43.7 Å². The zero-order valence-corrected chi connectivity index (χ0v) is 17.9. The summed E-state index contributed by atoms with van der Waals surface area (Å²) in [6.45, 7) is 0. The van der Waals surface area contributed by atoms with Crippen LogP contribution in [0.2, 0.25) is 0 Å². The third-order valence-electron chi connectivity index (χ3n) is 3.94. The number of nitro benzene ring substituents is 2. The Kier molecular flexibility index (Phi) is 8.36. The summed E-state index contributed by atoms with van der Waals surface area (Å²) in [6.07, 6.45) is 0.936. The molecule has 2 aromatic rings. The van der Waals surface area contributed by atoms with Gasteiger partial charge >= 0.3 is 0 Å². The summed E-state index contributed by atoms with van der Waals surface area (Å²) in [5.41, 5.74) is 3.47. The number of non-ortho nitro benzene ring substituents is 2. The lowest BCUT2D eigenvalue weighted by Gasteiger charge is -2.10. The molecule has 0 aliphatic rings. The van der Waals surface area contributed by atoms with Gasteiger partial charge in [0.05, 0.1) is 15.2 Å². The van der Waals surface area contributed by atoms with Crippen molar-refractivity contribution in [2.24, 2.45) is 0 Å². The van der Waals surface area contributed by atoms with Crippen molar-refractivity contribution in [3.63, 3.8) is 0 Å². The van der Waals surface area contributed by atoms with Crippen LogP contribution in [0.3, 0.4) is 0 Å². The van der Waals surface area contributed by atoms with Gasteiger partial charge in [0.15, 0.2) is 0 Å². The normalized spacial score (nSPS) is 11.2. The Balaban J connectivity index is 2.40. The van der Waals surface area contributed by atoms with Crippen LogP contribution in [0.15, 0.2) is 59.7 Å². The Morgan fingerprint density at radius 2 is 1.43 bits per heavy atom. The van der Waals surface area contributed by atoms with Crippen molar-refractivity contribution in [3.05, 3.63) is 91.0 Å². The summed E-state index contributed by atoms with van der Waals surface area (Å²) in [7, 11) is 0. The second-order valence-corrected chi connectivity index (χ2v) is 6.98. The van der Waals surface area contributed by atoms with E-state index in [1.54, 1.807) is 18.2 Å². The van der Waals surface area contributed by atoms with E-state index < -0.39 is 9.85 Å². The molecule has 0 aliphatic heterocycles. The summed E-state index contributed by atoms with van der Waals surface area (Å²) in [6, 6.07) is 12.9. The van der Waals surface area contributed by atoms with E-state index in [0.29, 0.717) is 23.5 Å². The third-order valence-corrected chi connectivity index (χ3v) is 4.89. The number of nitrogens with zero attached hydrogens (tertiary/aromatic N) is 2. The maximum absolute atomic E-state index is 11.0. The molecule has 0 N–H and O–H groups in total. The second kappa shape index (κ2) is 10.7. The first kappa shape index (κ1) is 21.8. The number of benzene rings is 2. The first-order valence-corrected chi connectivity index (χ1v) is 10.5. The fourth-order valence-corrected chi connectivity index (χ4v) is 3.32. The van der Waals surface area contributed by atoms with Crippen LogP contribution in [-0.4, -0.2) is 20.5 Å². The van der Waals surface area contributed by atoms with Crippen LogP contribution in [0.25, 0.3) is 0 Å². The SMILES string of the molecule is O=[N+]([O-])c1cccc(C/C(C#CCBr)=C(\CBr)Cc2cccc([N+](=O)[O-])c2)c1. The molecule has 144 valence electrons. The van der Waals surface area contributed by atoms with E-state index >= 15 is 0 Å². The van der Waals surface area contributed by atoms with Crippen molar-refractivity contribution in [2.75, 3.05) is 10.7 Å². The zero-order chi connectivity index (χ0) is 20.5. The summed E-state index contributed by atoms with van der Waals surface area (Å²) >= 11 is 6.77. The highest BCUT2D eigenvalue weighted by Gasteiger charge is 2.12. The van der Waals surface area contributed by atoms with Crippen molar-refractivity contribution in [2.45, 2.75) is 12.8 Å². The predicted octanol–water partition coefficient (Wildman–Crippen LogP) is 5.38. The Hall–Kier alpha value is -2.50. The molecule has 0 spiro atoms. The van der Waals surface area contributed by atoms with Crippen LogP contribution in [0.4, 0.5) is 11.4 Å². The molecule has 0 fully saturated rings. The van der Waals surface area contributed by atoms with Gasteiger partial charge in [-0.25, -0.2) is 0 Å². The molecule has 0 heterocycles. The molecule has 0 unspecified atom stereocenters. The van der Waals surface area contributed by atoms with Crippen LogP contribution < -0.4 is 0 Å². The molecule has 2 rings (SSSR count). The Labute approximate surface area is 179 Å². The topological polar surface area (TPSA) is 86.3 Å². The molecule has 0 saturated carbocycles. The molecular weight excluding hydrogens is 492 g/mol. The summed E-state index contributed by atoms with van der Waals surface area (Å²) in [5, 5.41) is 23.1. The number of hydrogen-bond acceptors (Lipinski definition) is 4. The Morgan fingerprint density at radius 3 is 1.89 bits per heavy atom. The van der Waals surface area contributed by atoms with Crippen molar-refractivity contribution in [3.8, 4) is 11.8 Å². The zero-order valence-electron chi connectivity index (χ0n) is 14.7. The quantitative estimate of drug-likeness (QED) is 0.218. The van der Waals surface area contributed by atoms with Crippen LogP contribution in [0.1, 0.15) is 11.1 Å². The van der Waals surface area contributed by atoms with E-state index in [9.17, 15) is 20.2 Å². The van der Waals surface area contributed by atoms with Gasteiger partial charge in [0.25, 0.3) is 11.4 Å². The maximum atomic E-state index is 11.0. The largest absolute Gasteiger partial charge is 0.269 e. The van der Waals surface area contributed by atoms with Gasteiger partial charge in [0, 0.05) is 41.6 Å². The average Bonchev–Trinajstić information content (AvgIpc) is 2.69. The number of alkyl halides is 2. The van der Waals surface area contributed by atoms with Gasteiger partial charge in [-0.3, -0.25) is 20.2 Å². The monoisotopic (exact) mass is 506 g/mol. The highest BCUT2D eigenvalue weighted by Crippen LogP contribution is 2.22. The van der Waals surface area contributed by atoms with Crippen LogP contribution in [-0.2, 0) is 12.8 Å². The lowest BCUT2D eigenvalue weighted by Crippen LogP contribution is -2.01. The minimum atomic E-state index is -0.425. The molecule has 0 amide bonds. The third kappa shape index (κ3) is 6.29. The Morgan fingerprint density at radius 1 is 0.893 bits per heavy atom. The lowest BCUT2D eigenvalue weighted by atomic mass is 9.96. The first-order valence-electron chi connectivity index (χ1n) is 8.23. The minimum absolute atomic E-state index is 0.0318. The number of hydrogen-bond donors (Lipinski definition) is 0. The van der Waals surface area contributed by atoms with Gasteiger partial charge in [-0.2, -0.15) is 0 Å². The predicted molar refractivity (Wildman–Crippen MR) is 116 cm³/mol. The highest BCUT2D eigenvalue weighted by molar-refractivity contribution is 9.09. The van der Waals surface area contributed by atoms with Gasteiger partial charge in [0.2, 0.25) is 0 Å².